The Morgan fingerprint density at radius 3 is 2.61 bits per heavy atom. The Hall–Kier alpha value is -0.620. The number of carbonyl (C=O) groups is 1. The van der Waals surface area contributed by atoms with E-state index in [0.717, 1.165) is 35.7 Å². The molecule has 1 aliphatic rings. The molecular formula is C17H26BrClN2O2. The van der Waals surface area contributed by atoms with Crippen LogP contribution in [0.2, 0.25) is 0 Å². The third-order valence-electron chi connectivity index (χ3n) is 4.85. The first-order valence-electron chi connectivity index (χ1n) is 7.77. The van der Waals surface area contributed by atoms with Gasteiger partial charge in [0.15, 0.2) is 0 Å². The predicted octanol–water partition coefficient (Wildman–Crippen LogP) is 3.10. The number of rotatable bonds is 4. The van der Waals surface area contributed by atoms with Crippen molar-refractivity contribution in [1.82, 2.24) is 5.32 Å². The van der Waals surface area contributed by atoms with Crippen LogP contribution in [0, 0.1) is 5.41 Å². The van der Waals surface area contributed by atoms with Gasteiger partial charge in [-0.15, -0.1) is 12.4 Å². The molecule has 0 heterocycles. The van der Waals surface area contributed by atoms with Crippen molar-refractivity contribution >= 4 is 34.2 Å². The van der Waals surface area contributed by atoms with E-state index in [-0.39, 0.29) is 29.8 Å². The van der Waals surface area contributed by atoms with Gasteiger partial charge < -0.3 is 16.2 Å². The van der Waals surface area contributed by atoms with Gasteiger partial charge in [0, 0.05) is 16.4 Å². The third kappa shape index (κ3) is 4.69. The average molecular weight is 406 g/mol. The molecule has 0 radical (unpaired) electrons. The minimum absolute atomic E-state index is 0. The molecule has 1 amide bonds. The van der Waals surface area contributed by atoms with Crippen LogP contribution in [0.15, 0.2) is 28.7 Å². The highest BCUT2D eigenvalue weighted by Gasteiger charge is 2.37. The molecule has 1 aromatic rings. The summed E-state index contributed by atoms with van der Waals surface area (Å²) in [7, 11) is 0. The fourth-order valence-corrected chi connectivity index (χ4v) is 3.25. The first kappa shape index (κ1) is 20.4. The number of nitrogens with two attached hydrogens (primary N) is 1. The average Bonchev–Trinajstić information content (AvgIpc) is 2.48. The number of halogens is 2. The van der Waals surface area contributed by atoms with Gasteiger partial charge in [-0.3, -0.25) is 4.79 Å². The Morgan fingerprint density at radius 1 is 1.43 bits per heavy atom. The maximum atomic E-state index is 12.5. The van der Waals surface area contributed by atoms with Crippen molar-refractivity contribution in [3.63, 3.8) is 0 Å². The number of hydrogen-bond acceptors (Lipinski definition) is 3. The fourth-order valence-electron chi connectivity index (χ4n) is 2.98. The largest absolute Gasteiger partial charge is 0.392 e. The van der Waals surface area contributed by atoms with E-state index in [9.17, 15) is 9.90 Å². The van der Waals surface area contributed by atoms with Gasteiger partial charge in [0.25, 0.3) is 0 Å². The summed E-state index contributed by atoms with van der Waals surface area (Å²) in [6, 6.07) is 7.45. The van der Waals surface area contributed by atoms with Crippen molar-refractivity contribution in [2.45, 2.75) is 51.2 Å². The van der Waals surface area contributed by atoms with E-state index in [1.54, 1.807) is 6.92 Å². The van der Waals surface area contributed by atoms with E-state index < -0.39 is 5.54 Å². The molecule has 1 saturated carbocycles. The van der Waals surface area contributed by atoms with Gasteiger partial charge >= 0.3 is 0 Å². The summed E-state index contributed by atoms with van der Waals surface area (Å²) in [4.78, 5) is 12.5. The molecule has 2 rings (SSSR count). The second kappa shape index (κ2) is 7.97. The Bertz CT molecular complexity index is 536. The minimum atomic E-state index is -1.09. The van der Waals surface area contributed by atoms with Crippen molar-refractivity contribution in [2.75, 3.05) is 6.54 Å². The van der Waals surface area contributed by atoms with Gasteiger partial charge in [0.1, 0.15) is 5.54 Å². The second-order valence-electron chi connectivity index (χ2n) is 6.81. The first-order chi connectivity index (χ1) is 10.3. The number of aliphatic hydroxyl groups excluding tert-OH is 1. The predicted molar refractivity (Wildman–Crippen MR) is 98.5 cm³/mol. The van der Waals surface area contributed by atoms with Crippen molar-refractivity contribution < 1.29 is 9.90 Å². The lowest BCUT2D eigenvalue weighted by Crippen LogP contribution is -2.53. The zero-order valence-electron chi connectivity index (χ0n) is 13.6. The maximum Gasteiger partial charge on any atom is 0.244 e. The molecule has 4 N–H and O–H groups in total. The molecule has 6 heteroatoms. The van der Waals surface area contributed by atoms with Gasteiger partial charge in [-0.1, -0.05) is 47.8 Å². The standard InChI is InChI=1S/C17H25BrN2O2.ClH/c1-16(10-4-3-5-14(16)21)11-20-15(22)17(2,19)12-6-8-13(18)9-7-12;/h6-9,14,21H,3-5,10-11,19H2,1-2H3,(H,20,22);1H. The Morgan fingerprint density at radius 2 is 2.04 bits per heavy atom. The quantitative estimate of drug-likeness (QED) is 0.720. The number of aliphatic hydroxyl groups is 1. The molecule has 0 aliphatic heterocycles. The van der Waals surface area contributed by atoms with Crippen molar-refractivity contribution in [3.8, 4) is 0 Å². The second-order valence-corrected chi connectivity index (χ2v) is 7.72. The van der Waals surface area contributed by atoms with Gasteiger partial charge in [-0.05, 0) is 37.5 Å². The van der Waals surface area contributed by atoms with Gasteiger partial charge in [0.05, 0.1) is 6.10 Å². The van der Waals surface area contributed by atoms with Crippen molar-refractivity contribution in [1.29, 1.82) is 0 Å². The number of amides is 1. The van der Waals surface area contributed by atoms with Crippen LogP contribution >= 0.6 is 28.3 Å². The van der Waals surface area contributed by atoms with Crippen molar-refractivity contribution in [3.05, 3.63) is 34.3 Å². The fraction of sp³-hybridized carbons (Fsp3) is 0.588. The normalized spacial score (nSPS) is 26.7. The first-order valence-corrected chi connectivity index (χ1v) is 8.56. The lowest BCUT2D eigenvalue weighted by molar-refractivity contribution is -0.127. The maximum absolute atomic E-state index is 12.5. The monoisotopic (exact) mass is 404 g/mol. The number of nitrogens with one attached hydrogen (secondary N) is 1. The zero-order valence-corrected chi connectivity index (χ0v) is 16.0. The number of hydrogen-bond donors (Lipinski definition) is 3. The summed E-state index contributed by atoms with van der Waals surface area (Å²) < 4.78 is 0.949. The van der Waals surface area contributed by atoms with Crippen LogP contribution in [0.25, 0.3) is 0 Å². The molecule has 1 aromatic carbocycles. The topological polar surface area (TPSA) is 75.4 Å². The van der Waals surface area contributed by atoms with E-state index in [1.165, 1.54) is 0 Å². The lowest BCUT2D eigenvalue weighted by atomic mass is 9.73. The number of benzene rings is 1. The van der Waals surface area contributed by atoms with Crippen LogP contribution in [0.5, 0.6) is 0 Å². The number of carbonyl (C=O) groups excluding carboxylic acids is 1. The zero-order chi connectivity index (χ0) is 16.4. The molecule has 3 unspecified atom stereocenters. The van der Waals surface area contributed by atoms with Crippen LogP contribution in [0.4, 0.5) is 0 Å². The molecule has 1 fully saturated rings. The summed E-state index contributed by atoms with van der Waals surface area (Å²) in [6.07, 6.45) is 3.51. The molecule has 0 aromatic heterocycles. The Labute approximate surface area is 152 Å². The summed E-state index contributed by atoms with van der Waals surface area (Å²) in [5.74, 6) is -0.214. The van der Waals surface area contributed by atoms with Gasteiger partial charge in [0.2, 0.25) is 5.91 Å². The minimum Gasteiger partial charge on any atom is -0.392 e. The highest BCUT2D eigenvalue weighted by molar-refractivity contribution is 9.10. The summed E-state index contributed by atoms with van der Waals surface area (Å²) >= 11 is 3.38. The van der Waals surface area contributed by atoms with Crippen LogP contribution < -0.4 is 11.1 Å². The molecular weight excluding hydrogens is 380 g/mol. The van der Waals surface area contributed by atoms with Crippen LogP contribution in [-0.2, 0) is 10.3 Å². The smallest absolute Gasteiger partial charge is 0.244 e. The lowest BCUT2D eigenvalue weighted by Gasteiger charge is -2.39. The van der Waals surface area contributed by atoms with Crippen LogP contribution in [0.3, 0.4) is 0 Å². The molecule has 4 nitrogen and oxygen atoms in total. The summed E-state index contributed by atoms with van der Waals surface area (Å²) in [6.45, 7) is 4.20. The molecule has 1 aliphatic carbocycles. The highest BCUT2D eigenvalue weighted by Crippen LogP contribution is 2.35. The van der Waals surface area contributed by atoms with E-state index in [0.29, 0.717) is 6.54 Å². The Kier molecular flexibility index (Phi) is 7.08. The molecule has 0 saturated heterocycles. The van der Waals surface area contributed by atoms with Crippen molar-refractivity contribution in [2.24, 2.45) is 11.1 Å². The molecule has 3 atom stereocenters. The van der Waals surface area contributed by atoms with Gasteiger partial charge in [-0.25, -0.2) is 0 Å². The van der Waals surface area contributed by atoms with E-state index in [1.807, 2.05) is 31.2 Å². The van der Waals surface area contributed by atoms with E-state index in [2.05, 4.69) is 21.2 Å². The SMILES string of the molecule is CC(N)(C(=O)NCC1(C)CCCCC1O)c1ccc(Br)cc1.Cl. The van der Waals surface area contributed by atoms with E-state index in [4.69, 9.17) is 5.73 Å². The molecule has 23 heavy (non-hydrogen) atoms. The van der Waals surface area contributed by atoms with Crippen LogP contribution in [-0.4, -0.2) is 23.7 Å². The summed E-state index contributed by atoms with van der Waals surface area (Å²) in [5.41, 5.74) is 5.65. The Balaban J connectivity index is 0.00000264. The molecule has 0 spiro atoms. The third-order valence-corrected chi connectivity index (χ3v) is 5.38. The van der Waals surface area contributed by atoms with Crippen LogP contribution in [0.1, 0.15) is 45.1 Å². The highest BCUT2D eigenvalue weighted by atomic mass is 79.9. The molecule has 130 valence electrons. The van der Waals surface area contributed by atoms with Gasteiger partial charge in [-0.2, -0.15) is 0 Å². The van der Waals surface area contributed by atoms with E-state index >= 15 is 0 Å². The summed E-state index contributed by atoms with van der Waals surface area (Å²) in [5, 5.41) is 13.1. The molecule has 0 bridgehead atoms.